The standard InChI is InChI=1S/C19H34N4O3/c1-19(2)16(14-6-5-11-26-17(14)19)22-18(20-3)21-13-7-9-23(10-8-13)15(24)12-25-4/h13-14,16-17H,5-12H2,1-4H3,(H2,20,21,22). The van der Waals surface area contributed by atoms with Crippen LogP contribution in [0.2, 0.25) is 0 Å². The van der Waals surface area contributed by atoms with Crippen LogP contribution in [0.25, 0.3) is 0 Å². The minimum Gasteiger partial charge on any atom is -0.377 e. The quantitative estimate of drug-likeness (QED) is 0.573. The number of ether oxygens (including phenoxy) is 2. The molecule has 1 aliphatic carbocycles. The molecule has 0 bridgehead atoms. The summed E-state index contributed by atoms with van der Waals surface area (Å²) >= 11 is 0. The van der Waals surface area contributed by atoms with Gasteiger partial charge in [0.05, 0.1) is 6.10 Å². The number of amides is 1. The molecule has 7 nitrogen and oxygen atoms in total. The Labute approximate surface area is 156 Å². The van der Waals surface area contributed by atoms with Crippen LogP contribution in [0, 0.1) is 11.3 Å². The molecule has 2 heterocycles. The van der Waals surface area contributed by atoms with E-state index in [1.807, 2.05) is 11.9 Å². The highest BCUT2D eigenvalue weighted by molar-refractivity contribution is 5.81. The second-order valence-corrected chi connectivity index (χ2v) is 8.35. The summed E-state index contributed by atoms with van der Waals surface area (Å²) in [5, 5.41) is 7.21. The van der Waals surface area contributed by atoms with E-state index < -0.39 is 0 Å². The van der Waals surface area contributed by atoms with Gasteiger partial charge in [-0.2, -0.15) is 0 Å². The van der Waals surface area contributed by atoms with Crippen LogP contribution in [0.3, 0.4) is 0 Å². The lowest BCUT2D eigenvalue weighted by Crippen LogP contribution is -2.71. The van der Waals surface area contributed by atoms with Crippen molar-refractivity contribution < 1.29 is 14.3 Å². The van der Waals surface area contributed by atoms with Crippen molar-refractivity contribution in [2.24, 2.45) is 16.3 Å². The molecule has 1 amide bonds. The van der Waals surface area contributed by atoms with Crippen LogP contribution < -0.4 is 10.6 Å². The Morgan fingerprint density at radius 1 is 1.27 bits per heavy atom. The second-order valence-electron chi connectivity index (χ2n) is 8.35. The van der Waals surface area contributed by atoms with Crippen molar-refractivity contribution in [2.45, 2.75) is 57.7 Å². The molecule has 3 rings (SSSR count). The van der Waals surface area contributed by atoms with E-state index in [2.05, 4.69) is 29.5 Å². The number of likely N-dealkylation sites (tertiary alicyclic amines) is 1. The fourth-order valence-electron chi connectivity index (χ4n) is 4.81. The molecule has 2 aliphatic heterocycles. The van der Waals surface area contributed by atoms with Gasteiger partial charge < -0.3 is 25.0 Å². The number of nitrogens with one attached hydrogen (secondary N) is 2. The number of piperidine rings is 1. The van der Waals surface area contributed by atoms with Gasteiger partial charge in [0.15, 0.2) is 5.96 Å². The van der Waals surface area contributed by atoms with Crippen molar-refractivity contribution in [1.29, 1.82) is 0 Å². The summed E-state index contributed by atoms with van der Waals surface area (Å²) in [7, 11) is 3.39. The molecule has 3 atom stereocenters. The van der Waals surface area contributed by atoms with Gasteiger partial charge >= 0.3 is 0 Å². The Morgan fingerprint density at radius 3 is 2.65 bits per heavy atom. The molecule has 0 aromatic heterocycles. The van der Waals surface area contributed by atoms with Gasteiger partial charge in [-0.25, -0.2) is 0 Å². The Balaban J connectivity index is 1.49. The first-order chi connectivity index (χ1) is 12.5. The van der Waals surface area contributed by atoms with E-state index in [1.165, 1.54) is 6.42 Å². The summed E-state index contributed by atoms with van der Waals surface area (Å²) in [4.78, 5) is 18.2. The van der Waals surface area contributed by atoms with E-state index in [9.17, 15) is 4.79 Å². The van der Waals surface area contributed by atoms with Crippen LogP contribution in [-0.2, 0) is 14.3 Å². The van der Waals surface area contributed by atoms with Crippen LogP contribution in [0.4, 0.5) is 0 Å². The number of hydrogen-bond donors (Lipinski definition) is 2. The summed E-state index contributed by atoms with van der Waals surface area (Å²) in [6.45, 7) is 7.16. The van der Waals surface area contributed by atoms with Crippen LogP contribution in [0.5, 0.6) is 0 Å². The van der Waals surface area contributed by atoms with Gasteiger partial charge in [-0.15, -0.1) is 0 Å². The molecule has 2 N–H and O–H groups in total. The van der Waals surface area contributed by atoms with E-state index in [4.69, 9.17) is 9.47 Å². The molecule has 0 radical (unpaired) electrons. The molecule has 3 unspecified atom stereocenters. The van der Waals surface area contributed by atoms with Gasteiger partial charge in [-0.3, -0.25) is 9.79 Å². The highest BCUT2D eigenvalue weighted by Gasteiger charge is 2.58. The number of carbonyl (C=O) groups is 1. The lowest BCUT2D eigenvalue weighted by molar-refractivity contribution is -0.188. The number of nitrogens with zero attached hydrogens (tertiary/aromatic N) is 2. The largest absolute Gasteiger partial charge is 0.377 e. The third-order valence-corrected chi connectivity index (χ3v) is 6.30. The van der Waals surface area contributed by atoms with Gasteiger partial charge in [-0.05, 0) is 25.7 Å². The van der Waals surface area contributed by atoms with E-state index >= 15 is 0 Å². The summed E-state index contributed by atoms with van der Waals surface area (Å²) in [6.07, 6.45) is 4.60. The monoisotopic (exact) mass is 366 g/mol. The molecule has 3 fully saturated rings. The lowest BCUT2D eigenvalue weighted by Gasteiger charge is -2.60. The minimum atomic E-state index is 0.0769. The van der Waals surface area contributed by atoms with Gasteiger partial charge in [0, 0.05) is 57.3 Å². The van der Waals surface area contributed by atoms with Crippen molar-refractivity contribution in [3.63, 3.8) is 0 Å². The zero-order valence-electron chi connectivity index (χ0n) is 16.6. The minimum absolute atomic E-state index is 0.0769. The number of aliphatic imine (C=N–C) groups is 1. The maximum absolute atomic E-state index is 11.9. The van der Waals surface area contributed by atoms with E-state index in [1.54, 1.807) is 7.11 Å². The number of fused-ring (bicyclic) bond motifs is 1. The van der Waals surface area contributed by atoms with Crippen LogP contribution in [0.1, 0.15) is 39.5 Å². The fraction of sp³-hybridized carbons (Fsp3) is 0.895. The number of guanidine groups is 1. The summed E-state index contributed by atoms with van der Waals surface area (Å²) in [5.41, 5.74) is 0.124. The zero-order chi connectivity index (χ0) is 18.7. The molecule has 1 saturated carbocycles. The first kappa shape index (κ1) is 19.4. The zero-order valence-corrected chi connectivity index (χ0v) is 16.6. The van der Waals surface area contributed by atoms with Gasteiger partial charge in [-0.1, -0.05) is 13.8 Å². The SMILES string of the molecule is CN=C(NC1CCN(C(=O)COC)CC1)NC1C2CCCOC2C1(C)C. The van der Waals surface area contributed by atoms with Crippen molar-refractivity contribution in [1.82, 2.24) is 15.5 Å². The molecule has 26 heavy (non-hydrogen) atoms. The van der Waals surface area contributed by atoms with Crippen LogP contribution >= 0.6 is 0 Å². The van der Waals surface area contributed by atoms with Gasteiger partial charge in [0.2, 0.25) is 5.91 Å². The average molecular weight is 367 g/mol. The number of carbonyl (C=O) groups excluding carboxylic acids is 1. The molecular weight excluding hydrogens is 332 g/mol. The summed E-state index contributed by atoms with van der Waals surface area (Å²) < 4.78 is 10.9. The predicted molar refractivity (Wildman–Crippen MR) is 101 cm³/mol. The lowest BCUT2D eigenvalue weighted by atomic mass is 9.55. The molecule has 2 saturated heterocycles. The maximum atomic E-state index is 11.9. The highest BCUT2D eigenvalue weighted by atomic mass is 16.5. The van der Waals surface area contributed by atoms with Gasteiger partial charge in [0.1, 0.15) is 6.61 Å². The third-order valence-electron chi connectivity index (χ3n) is 6.30. The number of hydrogen-bond acceptors (Lipinski definition) is 4. The molecule has 0 aromatic rings. The predicted octanol–water partition coefficient (Wildman–Crippen LogP) is 0.992. The van der Waals surface area contributed by atoms with Crippen molar-refractivity contribution >= 4 is 11.9 Å². The molecule has 148 valence electrons. The molecule has 0 aromatic carbocycles. The van der Waals surface area contributed by atoms with Crippen molar-refractivity contribution in [3.05, 3.63) is 0 Å². The van der Waals surface area contributed by atoms with Crippen molar-refractivity contribution in [2.75, 3.05) is 40.5 Å². The van der Waals surface area contributed by atoms with Crippen molar-refractivity contribution in [3.8, 4) is 0 Å². The molecular formula is C19H34N4O3. The molecule has 0 spiro atoms. The van der Waals surface area contributed by atoms with E-state index in [0.29, 0.717) is 24.1 Å². The normalized spacial score (nSPS) is 31.8. The topological polar surface area (TPSA) is 75.2 Å². The summed E-state index contributed by atoms with van der Waals surface area (Å²) in [5.74, 6) is 1.52. The smallest absolute Gasteiger partial charge is 0.248 e. The summed E-state index contributed by atoms with van der Waals surface area (Å²) in [6, 6.07) is 0.733. The van der Waals surface area contributed by atoms with Gasteiger partial charge in [0.25, 0.3) is 0 Å². The first-order valence-corrected chi connectivity index (χ1v) is 9.85. The third kappa shape index (κ3) is 3.83. The maximum Gasteiger partial charge on any atom is 0.248 e. The molecule has 3 aliphatic rings. The highest BCUT2D eigenvalue weighted by Crippen LogP contribution is 2.51. The van der Waals surface area contributed by atoms with Crippen LogP contribution in [-0.4, -0.2) is 75.4 Å². The first-order valence-electron chi connectivity index (χ1n) is 9.85. The average Bonchev–Trinajstić information content (AvgIpc) is 2.65. The second kappa shape index (κ2) is 8.13. The number of methoxy groups -OCH3 is 1. The Bertz CT molecular complexity index is 529. The Hall–Kier alpha value is -1.34. The van der Waals surface area contributed by atoms with E-state index in [-0.39, 0.29) is 17.9 Å². The van der Waals surface area contributed by atoms with Crippen LogP contribution in [0.15, 0.2) is 4.99 Å². The number of rotatable bonds is 4. The Kier molecular flexibility index (Phi) is 6.07. The van der Waals surface area contributed by atoms with E-state index in [0.717, 1.165) is 44.9 Å². The molecule has 7 heteroatoms. The Morgan fingerprint density at radius 2 is 2.00 bits per heavy atom. The fourth-order valence-corrected chi connectivity index (χ4v) is 4.81.